The van der Waals surface area contributed by atoms with Gasteiger partial charge in [0.25, 0.3) is 0 Å². The molecule has 2 N–H and O–H groups in total. The van der Waals surface area contributed by atoms with Gasteiger partial charge in [-0.15, -0.1) is 0 Å². The zero-order valence-corrected chi connectivity index (χ0v) is 15.2. The molecule has 0 bridgehead atoms. The summed E-state index contributed by atoms with van der Waals surface area (Å²) in [4.78, 5) is 24.9. The van der Waals surface area contributed by atoms with Gasteiger partial charge in [0.1, 0.15) is 11.8 Å². The van der Waals surface area contributed by atoms with Crippen LogP contribution in [0, 0.1) is 11.6 Å². The summed E-state index contributed by atoms with van der Waals surface area (Å²) in [6.45, 7) is -0.410. The molecular weight excluding hydrogens is 405 g/mol. The zero-order valence-electron chi connectivity index (χ0n) is 15.2. The Morgan fingerprint density at radius 2 is 1.90 bits per heavy atom. The maximum absolute atomic E-state index is 14.4. The highest BCUT2D eigenvalue weighted by molar-refractivity contribution is 5.90. The highest BCUT2D eigenvalue weighted by Gasteiger charge is 2.61. The van der Waals surface area contributed by atoms with Crippen molar-refractivity contribution in [1.29, 1.82) is 0 Å². The number of carbonyl (C=O) groups is 2. The van der Waals surface area contributed by atoms with Crippen molar-refractivity contribution in [1.82, 2.24) is 5.32 Å². The van der Waals surface area contributed by atoms with Crippen LogP contribution in [0.5, 0.6) is 0 Å². The normalized spacial score (nSPS) is 21.1. The molecular formula is C17H18F5N3O4. The molecule has 2 aliphatic heterocycles. The van der Waals surface area contributed by atoms with Crippen molar-refractivity contribution < 1.29 is 41.4 Å². The number of carbonyl (C=O) groups excluding carboxylic acids is 2. The summed E-state index contributed by atoms with van der Waals surface area (Å²) in [5, 5.41) is 12.0. The van der Waals surface area contributed by atoms with Crippen LogP contribution in [0.25, 0.3) is 0 Å². The number of hydrogen-bond acceptors (Lipinski definition) is 5. The minimum Gasteiger partial charge on any atom is -0.442 e. The lowest BCUT2D eigenvalue weighted by Crippen LogP contribution is -2.69. The van der Waals surface area contributed by atoms with Crippen molar-refractivity contribution in [2.75, 3.05) is 36.0 Å². The number of aliphatic hydroxyl groups is 1. The topological polar surface area (TPSA) is 82.1 Å². The van der Waals surface area contributed by atoms with E-state index in [0.717, 1.165) is 21.9 Å². The van der Waals surface area contributed by atoms with Crippen LogP contribution >= 0.6 is 0 Å². The number of rotatable bonds is 5. The molecule has 0 unspecified atom stereocenters. The van der Waals surface area contributed by atoms with Crippen molar-refractivity contribution in [2.24, 2.45) is 0 Å². The van der Waals surface area contributed by atoms with Crippen molar-refractivity contribution >= 4 is 23.4 Å². The lowest BCUT2D eigenvalue weighted by atomic mass is 9.92. The van der Waals surface area contributed by atoms with Gasteiger partial charge in [0.05, 0.1) is 31.9 Å². The van der Waals surface area contributed by atoms with E-state index in [2.05, 4.69) is 5.32 Å². The van der Waals surface area contributed by atoms with Crippen molar-refractivity contribution in [2.45, 2.75) is 31.2 Å². The van der Waals surface area contributed by atoms with Gasteiger partial charge >= 0.3 is 12.3 Å². The van der Waals surface area contributed by atoms with E-state index in [1.54, 1.807) is 6.92 Å². The molecule has 1 aromatic carbocycles. The number of halogens is 5. The Hall–Kier alpha value is -2.63. The fraction of sp³-hybridized carbons (Fsp3) is 0.529. The molecule has 7 nitrogen and oxygen atoms in total. The van der Waals surface area contributed by atoms with Crippen LogP contribution in [-0.4, -0.2) is 61.2 Å². The Morgan fingerprint density at radius 1 is 1.31 bits per heavy atom. The van der Waals surface area contributed by atoms with E-state index in [4.69, 9.17) is 4.74 Å². The Kier molecular flexibility index (Phi) is 5.32. The monoisotopic (exact) mass is 423 g/mol. The molecule has 0 saturated carbocycles. The van der Waals surface area contributed by atoms with Gasteiger partial charge in [-0.3, -0.25) is 9.69 Å². The van der Waals surface area contributed by atoms with Crippen LogP contribution in [0.15, 0.2) is 12.1 Å². The molecule has 0 aromatic heterocycles. The first kappa shape index (κ1) is 21.1. The van der Waals surface area contributed by atoms with E-state index in [9.17, 15) is 36.6 Å². The summed E-state index contributed by atoms with van der Waals surface area (Å²) in [6.07, 6.45) is -6.27. The first-order valence-corrected chi connectivity index (χ1v) is 8.73. The maximum Gasteiger partial charge on any atom is 0.420 e. The number of cyclic esters (lactones) is 1. The van der Waals surface area contributed by atoms with Crippen LogP contribution in [-0.2, 0) is 9.53 Å². The SMILES string of the molecule is CCC(=O)NC[C@H]1CN(c2cc(F)c(N3CC(O)(C(F)(F)F)C3)c(F)c2)C(=O)O1. The first-order chi connectivity index (χ1) is 13.4. The fourth-order valence-corrected chi connectivity index (χ4v) is 3.12. The van der Waals surface area contributed by atoms with Gasteiger partial charge in [-0.1, -0.05) is 6.92 Å². The van der Waals surface area contributed by atoms with Crippen molar-refractivity contribution in [3.05, 3.63) is 23.8 Å². The quantitative estimate of drug-likeness (QED) is 0.708. The lowest BCUT2D eigenvalue weighted by Gasteiger charge is -2.48. The Bertz CT molecular complexity index is 803. The number of β-amino-alcohol motifs (C(OH)–C–C–N with tert-alkyl or cyclic N) is 1. The third-order valence-corrected chi connectivity index (χ3v) is 4.78. The molecule has 0 aliphatic carbocycles. The largest absolute Gasteiger partial charge is 0.442 e. The predicted octanol–water partition coefficient (Wildman–Crippen LogP) is 1.93. The molecule has 0 radical (unpaired) electrons. The fourth-order valence-electron chi connectivity index (χ4n) is 3.12. The van der Waals surface area contributed by atoms with Gasteiger partial charge in [-0.05, 0) is 0 Å². The van der Waals surface area contributed by atoms with Crippen LogP contribution in [0.4, 0.5) is 38.1 Å². The number of hydrogen-bond donors (Lipinski definition) is 2. The highest BCUT2D eigenvalue weighted by Crippen LogP contribution is 2.42. The molecule has 1 atom stereocenters. The molecule has 29 heavy (non-hydrogen) atoms. The van der Waals surface area contributed by atoms with E-state index in [1.165, 1.54) is 0 Å². The van der Waals surface area contributed by atoms with Crippen molar-refractivity contribution in [3.8, 4) is 0 Å². The van der Waals surface area contributed by atoms with Gasteiger partial charge in [0.15, 0.2) is 17.2 Å². The average Bonchev–Trinajstić information content (AvgIpc) is 2.97. The van der Waals surface area contributed by atoms with E-state index in [0.29, 0.717) is 0 Å². The molecule has 160 valence electrons. The average molecular weight is 423 g/mol. The third-order valence-electron chi connectivity index (χ3n) is 4.78. The number of alkyl halides is 3. The van der Waals surface area contributed by atoms with E-state index < -0.39 is 54.4 Å². The minimum absolute atomic E-state index is 0.0295. The summed E-state index contributed by atoms with van der Waals surface area (Å²) in [7, 11) is 0. The standard InChI is InChI=1S/C17H18F5N3O4/c1-2-13(26)23-5-10-6-25(15(27)29-10)9-3-11(18)14(12(19)4-9)24-7-16(28,8-24)17(20,21)22/h3-4,10,28H,2,5-8H2,1H3,(H,23,26)/t10-/m0/s1. The van der Waals surface area contributed by atoms with E-state index in [-0.39, 0.29) is 31.1 Å². The second-order valence-electron chi connectivity index (χ2n) is 6.92. The molecule has 1 aromatic rings. The molecule has 2 saturated heterocycles. The Labute approximate surface area is 162 Å². The summed E-state index contributed by atoms with van der Waals surface area (Å²) in [5.41, 5.74) is -3.92. The molecule has 2 aliphatic rings. The Balaban J connectivity index is 1.72. The summed E-state index contributed by atoms with van der Waals surface area (Å²) in [5.74, 6) is -2.62. The summed E-state index contributed by atoms with van der Waals surface area (Å²) < 4.78 is 72.0. The molecule has 3 rings (SSSR count). The van der Waals surface area contributed by atoms with Crippen LogP contribution < -0.4 is 15.1 Å². The summed E-state index contributed by atoms with van der Waals surface area (Å²) >= 11 is 0. The molecule has 2 amide bonds. The first-order valence-electron chi connectivity index (χ1n) is 8.73. The smallest absolute Gasteiger partial charge is 0.420 e. The molecule has 12 heteroatoms. The number of benzene rings is 1. The second-order valence-corrected chi connectivity index (χ2v) is 6.92. The molecule has 2 fully saturated rings. The number of ether oxygens (including phenoxy) is 1. The Morgan fingerprint density at radius 3 is 2.41 bits per heavy atom. The third kappa shape index (κ3) is 3.93. The summed E-state index contributed by atoms with van der Waals surface area (Å²) in [6, 6.07) is 1.61. The van der Waals surface area contributed by atoms with Crippen molar-refractivity contribution in [3.63, 3.8) is 0 Å². The number of nitrogens with one attached hydrogen (secondary N) is 1. The van der Waals surface area contributed by atoms with Crippen LogP contribution in [0.2, 0.25) is 0 Å². The van der Waals surface area contributed by atoms with Gasteiger partial charge in [0, 0.05) is 18.6 Å². The number of anilines is 2. The number of amides is 2. The zero-order chi connectivity index (χ0) is 21.6. The molecule has 0 spiro atoms. The van der Waals surface area contributed by atoms with E-state index >= 15 is 0 Å². The minimum atomic E-state index is -4.92. The number of nitrogens with zero attached hydrogens (tertiary/aromatic N) is 2. The van der Waals surface area contributed by atoms with E-state index in [1.807, 2.05) is 0 Å². The predicted molar refractivity (Wildman–Crippen MR) is 90.5 cm³/mol. The van der Waals surface area contributed by atoms with Gasteiger partial charge in [0.2, 0.25) is 5.91 Å². The molecule has 2 heterocycles. The van der Waals surface area contributed by atoms with Crippen LogP contribution in [0.1, 0.15) is 13.3 Å². The lowest BCUT2D eigenvalue weighted by molar-refractivity contribution is -0.267. The maximum atomic E-state index is 14.4. The van der Waals surface area contributed by atoms with Gasteiger partial charge < -0.3 is 20.1 Å². The highest BCUT2D eigenvalue weighted by atomic mass is 19.4. The van der Waals surface area contributed by atoms with Crippen LogP contribution in [0.3, 0.4) is 0 Å². The van der Waals surface area contributed by atoms with Gasteiger partial charge in [-0.25, -0.2) is 13.6 Å². The second kappa shape index (κ2) is 7.32. The van der Waals surface area contributed by atoms with Gasteiger partial charge in [-0.2, -0.15) is 13.2 Å².